The first-order chi connectivity index (χ1) is 11.0. The molecule has 0 aromatic carbocycles. The summed E-state index contributed by atoms with van der Waals surface area (Å²) in [5.41, 5.74) is 1.00. The summed E-state index contributed by atoms with van der Waals surface area (Å²) < 4.78 is 0. The average molecular weight is 336 g/mol. The van der Waals surface area contributed by atoms with E-state index in [2.05, 4.69) is 15.6 Å². The Morgan fingerprint density at radius 1 is 1.39 bits per heavy atom. The Morgan fingerprint density at radius 3 is 2.87 bits per heavy atom. The van der Waals surface area contributed by atoms with E-state index < -0.39 is 17.9 Å². The summed E-state index contributed by atoms with van der Waals surface area (Å²) in [7, 11) is 0. The van der Waals surface area contributed by atoms with E-state index in [1.165, 1.54) is 9.78 Å². The number of hydrogen-bond acceptors (Lipinski definition) is 5. The number of hydrogen-bond donors (Lipinski definition) is 2. The van der Waals surface area contributed by atoms with Gasteiger partial charge in [0.25, 0.3) is 0 Å². The highest BCUT2D eigenvalue weighted by molar-refractivity contribution is 7.11. The molecule has 2 aliphatic rings. The van der Waals surface area contributed by atoms with Crippen molar-refractivity contribution in [1.29, 1.82) is 0 Å². The minimum absolute atomic E-state index is 0.0554. The highest BCUT2D eigenvalue weighted by Crippen LogP contribution is 2.27. The number of nitrogens with one attached hydrogen (secondary N) is 2. The fourth-order valence-electron chi connectivity index (χ4n) is 3.11. The van der Waals surface area contributed by atoms with E-state index in [1.807, 2.05) is 13.8 Å². The van der Waals surface area contributed by atoms with Crippen LogP contribution in [0.4, 0.5) is 0 Å². The molecule has 3 heterocycles. The van der Waals surface area contributed by atoms with Gasteiger partial charge in [-0.1, -0.05) is 0 Å². The van der Waals surface area contributed by atoms with E-state index in [4.69, 9.17) is 0 Å². The number of thiazole rings is 1. The molecule has 0 aliphatic carbocycles. The van der Waals surface area contributed by atoms with Crippen LogP contribution in [0.3, 0.4) is 0 Å². The minimum atomic E-state index is -0.637. The zero-order valence-electron chi connectivity index (χ0n) is 13.2. The molecule has 2 unspecified atom stereocenters. The zero-order chi connectivity index (χ0) is 16.6. The lowest BCUT2D eigenvalue weighted by Crippen LogP contribution is -2.60. The van der Waals surface area contributed by atoms with Gasteiger partial charge in [-0.3, -0.25) is 14.4 Å². The molecule has 2 fully saturated rings. The lowest BCUT2D eigenvalue weighted by atomic mass is 10.2. The van der Waals surface area contributed by atoms with Crippen molar-refractivity contribution in [2.24, 2.45) is 0 Å². The van der Waals surface area contributed by atoms with Crippen LogP contribution in [0.15, 0.2) is 0 Å². The lowest BCUT2D eigenvalue weighted by molar-refractivity contribution is -0.151. The molecule has 2 aliphatic heterocycles. The fraction of sp³-hybridized carbons (Fsp3) is 0.600. The summed E-state index contributed by atoms with van der Waals surface area (Å²) in [6, 6.07) is -0.545. The zero-order valence-corrected chi connectivity index (χ0v) is 14.0. The van der Waals surface area contributed by atoms with Gasteiger partial charge in [-0.2, -0.15) is 0 Å². The van der Waals surface area contributed by atoms with E-state index in [1.54, 1.807) is 11.3 Å². The number of carbonyl (C=O) groups is 3. The molecule has 3 amide bonds. The summed E-state index contributed by atoms with van der Waals surface area (Å²) >= 11 is 1.60. The molecule has 2 atom stereocenters. The summed E-state index contributed by atoms with van der Waals surface area (Å²) in [5.74, 6) is -1.39. The van der Waals surface area contributed by atoms with Crippen LogP contribution < -0.4 is 10.6 Å². The number of carbonyl (C=O) groups excluding carboxylic acids is 3. The van der Waals surface area contributed by atoms with E-state index in [9.17, 15) is 14.4 Å². The van der Waals surface area contributed by atoms with Crippen LogP contribution in [0.1, 0.15) is 28.4 Å². The number of aromatic nitrogens is 1. The molecule has 1 aromatic heterocycles. The lowest BCUT2D eigenvalue weighted by Gasteiger charge is -2.33. The van der Waals surface area contributed by atoms with Crippen LogP contribution in [0.2, 0.25) is 0 Å². The molecule has 2 saturated heterocycles. The molecular weight excluding hydrogens is 316 g/mol. The first-order valence-corrected chi connectivity index (χ1v) is 8.60. The van der Waals surface area contributed by atoms with Crippen LogP contribution in [-0.4, -0.2) is 52.8 Å². The van der Waals surface area contributed by atoms with Crippen molar-refractivity contribution in [2.75, 3.05) is 13.1 Å². The third kappa shape index (κ3) is 3.08. The maximum atomic E-state index is 12.3. The van der Waals surface area contributed by atoms with E-state index >= 15 is 0 Å². The fourth-order valence-corrected chi connectivity index (χ4v) is 4.04. The van der Waals surface area contributed by atoms with Gasteiger partial charge >= 0.3 is 11.8 Å². The van der Waals surface area contributed by atoms with Gasteiger partial charge in [0.05, 0.1) is 16.7 Å². The Labute approximate surface area is 138 Å². The van der Waals surface area contributed by atoms with Gasteiger partial charge in [-0.05, 0) is 26.7 Å². The molecular formula is C15H20N4O3S. The van der Waals surface area contributed by atoms with Crippen molar-refractivity contribution >= 4 is 29.1 Å². The number of piperazine rings is 1. The van der Waals surface area contributed by atoms with Gasteiger partial charge in [0.2, 0.25) is 5.91 Å². The molecule has 2 bridgehead atoms. The summed E-state index contributed by atoms with van der Waals surface area (Å²) in [5, 5.41) is 6.36. The third-order valence-electron chi connectivity index (χ3n) is 4.44. The molecule has 7 nitrogen and oxygen atoms in total. The van der Waals surface area contributed by atoms with Crippen molar-refractivity contribution in [3.63, 3.8) is 0 Å². The maximum absolute atomic E-state index is 12.3. The Kier molecular flexibility index (Phi) is 4.34. The molecule has 124 valence electrons. The standard InChI is InChI=1S/C15H20N4O3S/c1-8-9(2)23-12(18-8)5-6-16-14(21)15(22)19-10-3-4-11(19)13(20)17-7-10/h10-11H,3-7H2,1-2H3,(H,16,21)(H,17,20). The quantitative estimate of drug-likeness (QED) is 0.755. The van der Waals surface area contributed by atoms with Crippen molar-refractivity contribution in [2.45, 2.75) is 45.2 Å². The van der Waals surface area contributed by atoms with Gasteiger partial charge < -0.3 is 15.5 Å². The summed E-state index contributed by atoms with van der Waals surface area (Å²) in [4.78, 5) is 43.2. The minimum Gasteiger partial charge on any atom is -0.352 e. The molecule has 1 aromatic rings. The second-order valence-corrected chi connectivity index (χ2v) is 7.25. The molecule has 0 spiro atoms. The van der Waals surface area contributed by atoms with Gasteiger partial charge in [0, 0.05) is 24.4 Å². The van der Waals surface area contributed by atoms with Crippen molar-refractivity contribution in [1.82, 2.24) is 20.5 Å². The molecule has 2 N–H and O–H groups in total. The average Bonchev–Trinajstić information content (AvgIpc) is 3.02. The van der Waals surface area contributed by atoms with Gasteiger partial charge in [0.1, 0.15) is 6.04 Å². The van der Waals surface area contributed by atoms with Crippen LogP contribution in [-0.2, 0) is 20.8 Å². The van der Waals surface area contributed by atoms with Crippen molar-refractivity contribution in [3.05, 3.63) is 15.6 Å². The molecule has 0 saturated carbocycles. The van der Waals surface area contributed by atoms with E-state index in [0.717, 1.165) is 17.1 Å². The molecule has 8 heteroatoms. The van der Waals surface area contributed by atoms with Crippen LogP contribution >= 0.6 is 11.3 Å². The number of rotatable bonds is 3. The molecule has 23 heavy (non-hydrogen) atoms. The van der Waals surface area contributed by atoms with Crippen molar-refractivity contribution in [3.8, 4) is 0 Å². The first-order valence-electron chi connectivity index (χ1n) is 7.78. The second kappa shape index (κ2) is 6.27. The number of nitrogens with zero attached hydrogens (tertiary/aromatic N) is 2. The summed E-state index contributed by atoms with van der Waals surface area (Å²) in [6.45, 7) is 4.77. The largest absolute Gasteiger partial charge is 0.352 e. The Morgan fingerprint density at radius 2 is 2.17 bits per heavy atom. The normalized spacial score (nSPS) is 22.9. The highest BCUT2D eigenvalue weighted by atomic mass is 32.1. The number of aryl methyl sites for hydroxylation is 2. The van der Waals surface area contributed by atoms with Crippen LogP contribution in [0.5, 0.6) is 0 Å². The monoisotopic (exact) mass is 336 g/mol. The van der Waals surface area contributed by atoms with Crippen LogP contribution in [0.25, 0.3) is 0 Å². The maximum Gasteiger partial charge on any atom is 0.312 e. The summed E-state index contributed by atoms with van der Waals surface area (Å²) in [6.07, 6.45) is 2.00. The second-order valence-electron chi connectivity index (χ2n) is 5.96. The van der Waals surface area contributed by atoms with Gasteiger partial charge in [-0.15, -0.1) is 11.3 Å². The predicted octanol–water partition coefficient (Wildman–Crippen LogP) is -0.0920. The topological polar surface area (TPSA) is 91.4 Å². The molecule has 0 radical (unpaired) electrons. The number of fused-ring (bicyclic) bond motifs is 2. The van der Waals surface area contributed by atoms with Gasteiger partial charge in [0.15, 0.2) is 0 Å². The Bertz CT molecular complexity index is 638. The molecule has 3 rings (SSSR count). The SMILES string of the molecule is Cc1nc(CCNC(=O)C(=O)N2C3CCC2C(=O)NC3)sc1C. The first kappa shape index (κ1) is 15.9. The van der Waals surface area contributed by atoms with Gasteiger partial charge in [-0.25, -0.2) is 4.98 Å². The van der Waals surface area contributed by atoms with Crippen LogP contribution in [0, 0.1) is 13.8 Å². The Hall–Kier alpha value is -1.96. The third-order valence-corrected chi connectivity index (χ3v) is 5.58. The highest BCUT2D eigenvalue weighted by Gasteiger charge is 2.46. The smallest absolute Gasteiger partial charge is 0.312 e. The van der Waals surface area contributed by atoms with Crippen molar-refractivity contribution < 1.29 is 14.4 Å². The van der Waals surface area contributed by atoms with E-state index in [-0.39, 0.29) is 11.9 Å². The van der Waals surface area contributed by atoms with E-state index in [0.29, 0.717) is 25.9 Å². The Balaban J connectivity index is 1.54. The number of amides is 3. The predicted molar refractivity (Wildman–Crippen MR) is 85.0 cm³/mol.